The normalized spacial score (nSPS) is 11.3. The molecule has 0 unspecified atom stereocenters. The van der Waals surface area contributed by atoms with Gasteiger partial charge >= 0.3 is 5.97 Å². The number of aromatic nitrogens is 2. The minimum absolute atomic E-state index is 0.0690. The molecule has 0 saturated heterocycles. The highest BCUT2D eigenvalue weighted by molar-refractivity contribution is 5.69. The first-order chi connectivity index (χ1) is 13.3. The summed E-state index contributed by atoms with van der Waals surface area (Å²) >= 11 is 0. The van der Waals surface area contributed by atoms with Gasteiger partial charge in [-0.25, -0.2) is 4.79 Å². The van der Waals surface area contributed by atoms with Gasteiger partial charge in [0.25, 0.3) is 5.89 Å². The number of aliphatic carboxylic acids is 1. The minimum Gasteiger partial charge on any atom is -0.493 e. The second kappa shape index (κ2) is 7.72. The number of carboxylic acid groups (broad SMARTS) is 1. The maximum absolute atomic E-state index is 10.7. The molecular formula is C21H22N2O5. The number of ether oxygens (including phenoxy) is 2. The Morgan fingerprint density at radius 1 is 1.07 bits per heavy atom. The minimum atomic E-state index is -1.06. The summed E-state index contributed by atoms with van der Waals surface area (Å²) in [5.74, 6) is 0.472. The van der Waals surface area contributed by atoms with Crippen molar-refractivity contribution >= 4 is 5.97 Å². The Kier molecular flexibility index (Phi) is 5.35. The van der Waals surface area contributed by atoms with Gasteiger partial charge in [-0.1, -0.05) is 38.1 Å². The second-order valence-corrected chi connectivity index (χ2v) is 7.30. The van der Waals surface area contributed by atoms with Crippen LogP contribution in [-0.2, 0) is 10.2 Å². The Bertz CT molecular complexity index is 971. The number of rotatable bonds is 6. The van der Waals surface area contributed by atoms with Gasteiger partial charge in [0.15, 0.2) is 18.1 Å². The molecule has 1 N–H and O–H groups in total. The van der Waals surface area contributed by atoms with Gasteiger partial charge in [-0.05, 0) is 41.3 Å². The van der Waals surface area contributed by atoms with Crippen LogP contribution in [0.5, 0.6) is 11.5 Å². The summed E-state index contributed by atoms with van der Waals surface area (Å²) in [4.78, 5) is 15.1. The summed E-state index contributed by atoms with van der Waals surface area (Å²) in [5, 5.41) is 12.8. The first kappa shape index (κ1) is 19.4. The molecule has 0 bridgehead atoms. The van der Waals surface area contributed by atoms with E-state index in [2.05, 4.69) is 43.0 Å². The van der Waals surface area contributed by atoms with Crippen molar-refractivity contribution in [2.24, 2.45) is 0 Å². The lowest BCUT2D eigenvalue weighted by Gasteiger charge is -2.18. The molecule has 1 aromatic heterocycles. The molecular weight excluding hydrogens is 360 g/mol. The SMILES string of the molecule is COc1cc(-c2noc(-c3ccc(C(C)(C)C)cc3)n2)ccc1OCC(=O)O. The first-order valence-corrected chi connectivity index (χ1v) is 8.75. The molecule has 28 heavy (non-hydrogen) atoms. The summed E-state index contributed by atoms with van der Waals surface area (Å²) in [5.41, 5.74) is 2.79. The van der Waals surface area contributed by atoms with Gasteiger partial charge in [0.05, 0.1) is 7.11 Å². The van der Waals surface area contributed by atoms with Crippen LogP contribution < -0.4 is 9.47 Å². The van der Waals surface area contributed by atoms with Gasteiger partial charge in [-0.3, -0.25) is 0 Å². The number of benzene rings is 2. The van der Waals surface area contributed by atoms with Crippen LogP contribution in [0.25, 0.3) is 22.8 Å². The largest absolute Gasteiger partial charge is 0.493 e. The van der Waals surface area contributed by atoms with Gasteiger partial charge in [0.2, 0.25) is 5.82 Å². The molecule has 0 atom stereocenters. The summed E-state index contributed by atoms with van der Waals surface area (Å²) in [6, 6.07) is 13.0. The Morgan fingerprint density at radius 2 is 1.75 bits per heavy atom. The second-order valence-electron chi connectivity index (χ2n) is 7.30. The highest BCUT2D eigenvalue weighted by atomic mass is 16.5. The van der Waals surface area contributed by atoms with Crippen LogP contribution >= 0.6 is 0 Å². The van der Waals surface area contributed by atoms with Crippen LogP contribution in [0.15, 0.2) is 47.0 Å². The van der Waals surface area contributed by atoms with E-state index in [4.69, 9.17) is 19.1 Å². The number of carbonyl (C=O) groups is 1. The molecule has 2 aromatic carbocycles. The van der Waals surface area contributed by atoms with Crippen LogP contribution in [0.3, 0.4) is 0 Å². The van der Waals surface area contributed by atoms with Crippen LogP contribution in [0.4, 0.5) is 0 Å². The highest BCUT2D eigenvalue weighted by Crippen LogP contribution is 2.32. The number of nitrogens with zero attached hydrogens (tertiary/aromatic N) is 2. The third-order valence-corrected chi connectivity index (χ3v) is 4.20. The Balaban J connectivity index is 1.84. The zero-order valence-electron chi connectivity index (χ0n) is 16.2. The smallest absolute Gasteiger partial charge is 0.341 e. The monoisotopic (exact) mass is 382 g/mol. The Morgan fingerprint density at radius 3 is 2.36 bits per heavy atom. The molecule has 0 aliphatic heterocycles. The standard InChI is InChI=1S/C21H22N2O5/c1-21(2,3)15-8-5-13(6-9-15)20-22-19(23-28-20)14-7-10-16(17(11-14)26-4)27-12-18(24)25/h5-11H,12H2,1-4H3,(H,24,25). The first-order valence-electron chi connectivity index (χ1n) is 8.75. The fourth-order valence-corrected chi connectivity index (χ4v) is 2.64. The highest BCUT2D eigenvalue weighted by Gasteiger charge is 2.16. The molecule has 1 heterocycles. The number of hydrogen-bond donors (Lipinski definition) is 1. The van der Waals surface area contributed by atoms with Gasteiger partial charge in [0, 0.05) is 11.1 Å². The van der Waals surface area contributed by atoms with Gasteiger partial charge in [0.1, 0.15) is 0 Å². The van der Waals surface area contributed by atoms with Crippen LogP contribution in [0, 0.1) is 0 Å². The molecule has 0 spiro atoms. The van der Waals surface area contributed by atoms with E-state index < -0.39 is 12.6 Å². The van der Waals surface area contributed by atoms with Gasteiger partial charge < -0.3 is 19.1 Å². The van der Waals surface area contributed by atoms with Crippen molar-refractivity contribution in [2.45, 2.75) is 26.2 Å². The summed E-state index contributed by atoms with van der Waals surface area (Å²) in [6.45, 7) is 6.02. The average molecular weight is 382 g/mol. The molecule has 0 saturated carbocycles. The van der Waals surface area contributed by atoms with E-state index in [9.17, 15) is 4.79 Å². The number of carboxylic acids is 1. The average Bonchev–Trinajstić information content (AvgIpc) is 3.15. The predicted octanol–water partition coefficient (Wildman–Crippen LogP) is 4.17. The Labute approximate surface area is 162 Å². The van der Waals surface area contributed by atoms with Crippen molar-refractivity contribution in [2.75, 3.05) is 13.7 Å². The van der Waals surface area contributed by atoms with E-state index in [1.54, 1.807) is 18.2 Å². The lowest BCUT2D eigenvalue weighted by Crippen LogP contribution is -2.10. The zero-order chi connectivity index (χ0) is 20.3. The lowest BCUT2D eigenvalue weighted by molar-refractivity contribution is -0.139. The molecule has 0 aliphatic rings. The fraction of sp³-hybridized carbons (Fsp3) is 0.286. The third-order valence-electron chi connectivity index (χ3n) is 4.20. The van der Waals surface area contributed by atoms with E-state index in [1.807, 2.05) is 12.1 Å². The molecule has 0 aliphatic carbocycles. The molecule has 7 nitrogen and oxygen atoms in total. The van der Waals surface area contributed by atoms with Gasteiger partial charge in [-0.2, -0.15) is 4.98 Å². The van der Waals surface area contributed by atoms with Crippen molar-refractivity contribution in [1.29, 1.82) is 0 Å². The summed E-state index contributed by atoms with van der Waals surface area (Å²) < 4.78 is 15.9. The fourth-order valence-electron chi connectivity index (χ4n) is 2.64. The zero-order valence-corrected chi connectivity index (χ0v) is 16.2. The van der Waals surface area contributed by atoms with Crippen LogP contribution in [-0.4, -0.2) is 34.9 Å². The quantitative estimate of drug-likeness (QED) is 0.683. The molecule has 0 amide bonds. The van der Waals surface area contributed by atoms with E-state index in [-0.39, 0.29) is 5.41 Å². The molecule has 7 heteroatoms. The maximum atomic E-state index is 10.7. The van der Waals surface area contributed by atoms with Crippen LogP contribution in [0.1, 0.15) is 26.3 Å². The number of methoxy groups -OCH3 is 1. The lowest BCUT2D eigenvalue weighted by atomic mass is 9.87. The van der Waals surface area contributed by atoms with Crippen molar-refractivity contribution in [3.8, 4) is 34.3 Å². The van der Waals surface area contributed by atoms with E-state index in [0.29, 0.717) is 28.8 Å². The molecule has 0 fully saturated rings. The van der Waals surface area contributed by atoms with E-state index >= 15 is 0 Å². The summed E-state index contributed by atoms with van der Waals surface area (Å²) in [6.07, 6.45) is 0. The molecule has 146 valence electrons. The molecule has 3 rings (SSSR count). The van der Waals surface area contributed by atoms with E-state index in [0.717, 1.165) is 5.56 Å². The third kappa shape index (κ3) is 4.31. The topological polar surface area (TPSA) is 94.7 Å². The number of hydrogen-bond acceptors (Lipinski definition) is 6. The predicted molar refractivity (Wildman–Crippen MR) is 104 cm³/mol. The van der Waals surface area contributed by atoms with Crippen molar-refractivity contribution in [3.63, 3.8) is 0 Å². The molecule has 3 aromatic rings. The van der Waals surface area contributed by atoms with Crippen molar-refractivity contribution in [1.82, 2.24) is 10.1 Å². The summed E-state index contributed by atoms with van der Waals surface area (Å²) in [7, 11) is 1.48. The van der Waals surface area contributed by atoms with E-state index in [1.165, 1.54) is 12.7 Å². The Hall–Kier alpha value is -3.35. The van der Waals surface area contributed by atoms with Gasteiger partial charge in [-0.15, -0.1) is 0 Å². The van der Waals surface area contributed by atoms with Crippen LogP contribution in [0.2, 0.25) is 0 Å². The van der Waals surface area contributed by atoms with Crippen molar-refractivity contribution < 1.29 is 23.9 Å². The van der Waals surface area contributed by atoms with Crippen molar-refractivity contribution in [3.05, 3.63) is 48.0 Å². The molecule has 0 radical (unpaired) electrons. The maximum Gasteiger partial charge on any atom is 0.341 e.